The van der Waals surface area contributed by atoms with E-state index >= 15 is 0 Å². The van der Waals surface area contributed by atoms with Crippen LogP contribution in [0.5, 0.6) is 11.5 Å². The van der Waals surface area contributed by atoms with Gasteiger partial charge >= 0.3 is 24.2 Å². The average molecular weight is 550 g/mol. The monoisotopic (exact) mass is 550 g/mol. The van der Waals surface area contributed by atoms with Crippen LogP contribution in [0.4, 0.5) is 43.9 Å². The van der Waals surface area contributed by atoms with Gasteiger partial charge in [-0.05, 0) is 33.7 Å². The molecule has 0 saturated carbocycles. The number of halogens is 10. The van der Waals surface area contributed by atoms with Crippen LogP contribution in [0.2, 0.25) is 0 Å². The molecule has 0 fully saturated rings. The predicted molar refractivity (Wildman–Crippen MR) is 120 cm³/mol. The van der Waals surface area contributed by atoms with E-state index in [-0.39, 0.29) is 21.5 Å². The van der Waals surface area contributed by atoms with Crippen LogP contribution < -0.4 is 9.47 Å². The summed E-state index contributed by atoms with van der Waals surface area (Å²) in [5.41, 5.74) is -4.45. The summed E-state index contributed by atoms with van der Waals surface area (Å²) >= 11 is 0. The van der Waals surface area contributed by atoms with Crippen molar-refractivity contribution in [3.05, 3.63) is 71.8 Å². The molecule has 0 spiro atoms. The van der Waals surface area contributed by atoms with Crippen molar-refractivity contribution < 1.29 is 53.4 Å². The third kappa shape index (κ3) is 4.06. The van der Waals surface area contributed by atoms with E-state index in [0.717, 1.165) is 14.2 Å². The number of hydrogen-bond donors (Lipinski definition) is 0. The Balaban J connectivity index is 2.31. The molecule has 4 aromatic rings. The van der Waals surface area contributed by atoms with Crippen LogP contribution >= 0.6 is 0 Å². The predicted octanol–water partition coefficient (Wildman–Crippen LogP) is 8.99. The number of fused-ring (bicyclic) bond motifs is 2. The van der Waals surface area contributed by atoms with Crippen molar-refractivity contribution in [3.63, 3.8) is 0 Å². The first-order chi connectivity index (χ1) is 17.6. The van der Waals surface area contributed by atoms with Gasteiger partial charge in [0.15, 0.2) is 0 Å². The van der Waals surface area contributed by atoms with E-state index in [1.165, 1.54) is 48.5 Å². The van der Waals surface area contributed by atoms with Gasteiger partial charge in [-0.2, -0.15) is 43.9 Å². The second kappa shape index (κ2) is 8.95. The molecule has 12 heteroatoms. The number of benzene rings is 4. The smallest absolute Gasteiger partial charge is 0.458 e. The molecule has 0 aliphatic heterocycles. The minimum absolute atomic E-state index is 0.0537. The van der Waals surface area contributed by atoms with Crippen molar-refractivity contribution in [2.45, 2.75) is 24.2 Å². The highest BCUT2D eigenvalue weighted by Gasteiger charge is 2.62. The largest absolute Gasteiger partial charge is 0.496 e. The lowest BCUT2D eigenvalue weighted by atomic mass is 9.86. The van der Waals surface area contributed by atoms with E-state index < -0.39 is 58.0 Å². The van der Waals surface area contributed by atoms with Gasteiger partial charge in [-0.3, -0.25) is 0 Å². The first-order valence-electron chi connectivity index (χ1n) is 10.7. The molecule has 0 atom stereocenters. The van der Waals surface area contributed by atoms with Gasteiger partial charge in [0.2, 0.25) is 0 Å². The first-order valence-corrected chi connectivity index (χ1v) is 10.7. The average Bonchev–Trinajstić information content (AvgIpc) is 2.85. The second-order valence-corrected chi connectivity index (χ2v) is 8.25. The fraction of sp³-hybridized carbons (Fsp3) is 0.231. The Bertz CT molecular complexity index is 1410. The molecule has 0 N–H and O–H groups in total. The molecule has 2 nitrogen and oxygen atoms in total. The van der Waals surface area contributed by atoms with Crippen LogP contribution in [0.1, 0.15) is 11.1 Å². The first kappa shape index (κ1) is 27.3. The van der Waals surface area contributed by atoms with Crippen LogP contribution in [0.3, 0.4) is 0 Å². The van der Waals surface area contributed by atoms with Crippen LogP contribution in [0, 0.1) is 0 Å². The van der Waals surface area contributed by atoms with E-state index in [1.807, 2.05) is 0 Å². The minimum atomic E-state index is -6.09. The molecule has 202 valence electrons. The summed E-state index contributed by atoms with van der Waals surface area (Å²) in [6.45, 7) is 0. The Morgan fingerprint density at radius 1 is 0.500 bits per heavy atom. The van der Waals surface area contributed by atoms with Crippen LogP contribution in [-0.2, 0) is 11.8 Å². The van der Waals surface area contributed by atoms with E-state index in [4.69, 9.17) is 9.47 Å². The van der Waals surface area contributed by atoms with Crippen LogP contribution in [-0.4, -0.2) is 26.6 Å². The maximum atomic E-state index is 14.8. The number of methoxy groups -OCH3 is 2. The lowest BCUT2D eigenvalue weighted by molar-refractivity contribution is -0.289. The Hall–Kier alpha value is -3.70. The highest BCUT2D eigenvalue weighted by atomic mass is 19.4. The Labute approximate surface area is 208 Å². The Morgan fingerprint density at radius 2 is 0.816 bits per heavy atom. The quantitative estimate of drug-likeness (QED) is 0.231. The van der Waals surface area contributed by atoms with Gasteiger partial charge in [0.1, 0.15) is 11.5 Å². The molecule has 0 heterocycles. The standard InChI is InChI=1S/C26H16F10O2/c1-37-21-17(23(27,28)25(31,32)33)11-13-7-3-5-9-15(13)19(21)20-16-10-6-4-8-14(16)12-18(22(20)38-2)24(29,30)26(34,35)36/h3-12H,1-2H3. The summed E-state index contributed by atoms with van der Waals surface area (Å²) in [5, 5.41) is -0.466. The van der Waals surface area contributed by atoms with Crippen molar-refractivity contribution in [1.82, 2.24) is 0 Å². The third-order valence-electron chi connectivity index (χ3n) is 6.05. The normalized spacial score (nSPS) is 13.3. The molecule has 38 heavy (non-hydrogen) atoms. The van der Waals surface area contributed by atoms with Crippen molar-refractivity contribution in [1.29, 1.82) is 0 Å². The fourth-order valence-corrected chi connectivity index (χ4v) is 4.35. The summed E-state index contributed by atoms with van der Waals surface area (Å²) in [7, 11) is 1.57. The molecule has 0 amide bonds. The van der Waals surface area contributed by atoms with E-state index in [2.05, 4.69) is 0 Å². The number of hydrogen-bond acceptors (Lipinski definition) is 2. The SMILES string of the molecule is COc1c(C(F)(F)C(F)(F)F)cc2ccccc2c1-c1c(OC)c(C(F)(F)C(F)(F)F)cc2ccccc12. The molecule has 0 aliphatic rings. The molecule has 0 aliphatic carbocycles. The molecule has 0 radical (unpaired) electrons. The molecule has 0 saturated heterocycles. The van der Waals surface area contributed by atoms with Crippen molar-refractivity contribution in [2.24, 2.45) is 0 Å². The number of rotatable bonds is 5. The van der Waals surface area contributed by atoms with E-state index in [0.29, 0.717) is 12.1 Å². The number of ether oxygens (including phenoxy) is 2. The fourth-order valence-electron chi connectivity index (χ4n) is 4.35. The lowest BCUT2D eigenvalue weighted by Crippen LogP contribution is -2.34. The van der Waals surface area contributed by atoms with Crippen molar-refractivity contribution >= 4 is 21.5 Å². The lowest BCUT2D eigenvalue weighted by Gasteiger charge is -2.28. The molecule has 4 rings (SSSR count). The number of alkyl halides is 10. The second-order valence-electron chi connectivity index (χ2n) is 8.25. The third-order valence-corrected chi connectivity index (χ3v) is 6.05. The highest BCUT2D eigenvalue weighted by molar-refractivity contribution is 6.11. The van der Waals surface area contributed by atoms with Gasteiger partial charge in [-0.15, -0.1) is 0 Å². The molecular weight excluding hydrogens is 534 g/mol. The van der Waals surface area contributed by atoms with Gasteiger partial charge in [0.25, 0.3) is 0 Å². The maximum absolute atomic E-state index is 14.8. The maximum Gasteiger partial charge on any atom is 0.458 e. The van der Waals surface area contributed by atoms with Gasteiger partial charge in [0, 0.05) is 11.1 Å². The van der Waals surface area contributed by atoms with Gasteiger partial charge in [0.05, 0.1) is 25.3 Å². The Morgan fingerprint density at radius 3 is 1.11 bits per heavy atom. The highest BCUT2D eigenvalue weighted by Crippen LogP contribution is 2.57. The van der Waals surface area contributed by atoms with Gasteiger partial charge < -0.3 is 9.47 Å². The summed E-state index contributed by atoms with van der Waals surface area (Å²) in [5.74, 6) is -13.1. The zero-order valence-corrected chi connectivity index (χ0v) is 19.4. The van der Waals surface area contributed by atoms with Crippen molar-refractivity contribution in [2.75, 3.05) is 14.2 Å². The topological polar surface area (TPSA) is 18.5 Å². The van der Waals surface area contributed by atoms with Crippen LogP contribution in [0.25, 0.3) is 32.7 Å². The Kier molecular flexibility index (Phi) is 6.44. The van der Waals surface area contributed by atoms with Gasteiger partial charge in [-0.1, -0.05) is 48.5 Å². The zero-order valence-electron chi connectivity index (χ0n) is 19.4. The summed E-state index contributed by atoms with van der Waals surface area (Å²) in [4.78, 5) is 0. The molecule has 4 aromatic carbocycles. The molecule has 0 aromatic heterocycles. The minimum Gasteiger partial charge on any atom is -0.496 e. The van der Waals surface area contributed by atoms with Crippen LogP contribution in [0.15, 0.2) is 60.7 Å². The summed E-state index contributed by atoms with van der Waals surface area (Å²) < 4.78 is 150. The summed E-state index contributed by atoms with van der Waals surface area (Å²) in [6, 6.07) is 11.5. The van der Waals surface area contributed by atoms with E-state index in [9.17, 15) is 43.9 Å². The summed E-state index contributed by atoms with van der Waals surface area (Å²) in [6.07, 6.45) is -12.2. The van der Waals surface area contributed by atoms with E-state index in [1.54, 1.807) is 0 Å². The molecule has 0 bridgehead atoms. The molecular formula is C26H16F10O2. The molecule has 0 unspecified atom stereocenters. The van der Waals surface area contributed by atoms with Crippen molar-refractivity contribution in [3.8, 4) is 22.6 Å². The van der Waals surface area contributed by atoms with Gasteiger partial charge in [-0.25, -0.2) is 0 Å². The zero-order chi connectivity index (χ0) is 28.3.